The van der Waals surface area contributed by atoms with Crippen LogP contribution >= 0.6 is 11.6 Å². The Hall–Kier alpha value is -2.68. The van der Waals surface area contributed by atoms with Gasteiger partial charge >= 0.3 is 0 Å². The summed E-state index contributed by atoms with van der Waals surface area (Å²) in [5.41, 5.74) is 1.47. The van der Waals surface area contributed by atoms with Crippen molar-refractivity contribution in [3.63, 3.8) is 0 Å². The summed E-state index contributed by atoms with van der Waals surface area (Å²) in [6.07, 6.45) is 0.876. The van der Waals surface area contributed by atoms with E-state index in [9.17, 15) is 13.6 Å². The van der Waals surface area contributed by atoms with E-state index in [4.69, 9.17) is 11.6 Å². The number of piperidine rings is 1. The smallest absolute Gasteiger partial charge is 0.280 e. The number of alkyl halides is 2. The van der Waals surface area contributed by atoms with Crippen molar-refractivity contribution >= 4 is 23.3 Å². The van der Waals surface area contributed by atoms with Crippen LogP contribution in [0.5, 0.6) is 0 Å². The SMILES string of the molecule is Cc1cnc(Cl)cc1C(=O)N1CC[C@@H](C)[C@H](c2cc(C(F)F)nc3ncnn23)C1. The van der Waals surface area contributed by atoms with Gasteiger partial charge in [0.1, 0.15) is 17.2 Å². The van der Waals surface area contributed by atoms with E-state index in [1.54, 1.807) is 24.1 Å². The number of aromatic nitrogens is 5. The molecule has 4 heterocycles. The van der Waals surface area contributed by atoms with Gasteiger partial charge < -0.3 is 4.90 Å². The van der Waals surface area contributed by atoms with Crippen molar-refractivity contribution in [2.75, 3.05) is 13.1 Å². The molecule has 0 radical (unpaired) electrons. The van der Waals surface area contributed by atoms with E-state index < -0.39 is 6.43 Å². The lowest BCUT2D eigenvalue weighted by Crippen LogP contribution is -2.43. The van der Waals surface area contributed by atoms with Crippen molar-refractivity contribution in [1.29, 1.82) is 0 Å². The standard InChI is InChI=1S/C19H19ClF2N6O/c1-10-3-4-27(18(29)12-5-16(20)23-7-11(12)2)8-13(10)15-6-14(17(21)22)26-19-24-9-25-28(15)19/h5-7,9-10,13,17H,3-4,8H2,1-2H3/t10-,13-/m1/s1. The number of aryl methyl sites for hydroxylation is 1. The van der Waals surface area contributed by atoms with Gasteiger partial charge in [-0.3, -0.25) is 4.79 Å². The van der Waals surface area contributed by atoms with E-state index in [1.807, 2.05) is 6.92 Å². The molecule has 1 amide bonds. The third kappa shape index (κ3) is 3.66. The highest BCUT2D eigenvalue weighted by Crippen LogP contribution is 2.34. The van der Waals surface area contributed by atoms with Gasteiger partial charge in [0.2, 0.25) is 0 Å². The fourth-order valence-corrected chi connectivity index (χ4v) is 3.93. The molecule has 29 heavy (non-hydrogen) atoms. The quantitative estimate of drug-likeness (QED) is 0.604. The summed E-state index contributed by atoms with van der Waals surface area (Å²) in [5, 5.41) is 4.40. The summed E-state index contributed by atoms with van der Waals surface area (Å²) in [6.45, 7) is 4.80. The predicted octanol–water partition coefficient (Wildman–Crippen LogP) is 3.68. The Morgan fingerprint density at radius 3 is 2.86 bits per heavy atom. The van der Waals surface area contributed by atoms with Crippen LogP contribution < -0.4 is 0 Å². The zero-order valence-electron chi connectivity index (χ0n) is 15.9. The average molecular weight is 421 g/mol. The first-order valence-corrected chi connectivity index (χ1v) is 9.63. The minimum atomic E-state index is -2.71. The fourth-order valence-electron chi connectivity index (χ4n) is 3.77. The first-order chi connectivity index (χ1) is 13.8. The van der Waals surface area contributed by atoms with Crippen LogP contribution in [0.15, 0.2) is 24.7 Å². The van der Waals surface area contributed by atoms with Crippen LogP contribution in [0.25, 0.3) is 5.78 Å². The molecule has 1 aliphatic heterocycles. The van der Waals surface area contributed by atoms with Gasteiger partial charge in [-0.05, 0) is 37.0 Å². The Kier molecular flexibility index (Phi) is 5.16. The maximum Gasteiger partial charge on any atom is 0.280 e. The molecule has 0 saturated carbocycles. The van der Waals surface area contributed by atoms with Crippen LogP contribution in [0.4, 0.5) is 8.78 Å². The number of nitrogens with zero attached hydrogens (tertiary/aromatic N) is 6. The summed E-state index contributed by atoms with van der Waals surface area (Å²) in [7, 11) is 0. The minimum Gasteiger partial charge on any atom is -0.338 e. The van der Waals surface area contributed by atoms with E-state index in [0.29, 0.717) is 24.3 Å². The number of hydrogen-bond donors (Lipinski definition) is 0. The Bertz CT molecular complexity index is 1070. The van der Waals surface area contributed by atoms with Gasteiger partial charge in [0.05, 0.1) is 5.69 Å². The maximum atomic E-state index is 13.4. The summed E-state index contributed by atoms with van der Waals surface area (Å²) in [6, 6.07) is 2.93. The molecular weight excluding hydrogens is 402 g/mol. The van der Waals surface area contributed by atoms with Gasteiger partial charge in [0, 0.05) is 30.8 Å². The third-order valence-corrected chi connectivity index (χ3v) is 5.66. The van der Waals surface area contributed by atoms with Crippen LogP contribution in [0.1, 0.15) is 53.0 Å². The van der Waals surface area contributed by atoms with E-state index in [0.717, 1.165) is 12.0 Å². The van der Waals surface area contributed by atoms with Crippen LogP contribution in [-0.4, -0.2) is 48.5 Å². The Balaban J connectivity index is 1.70. The average Bonchev–Trinajstić information content (AvgIpc) is 3.18. The molecule has 3 aromatic heterocycles. The molecule has 2 atom stereocenters. The lowest BCUT2D eigenvalue weighted by Gasteiger charge is -2.37. The first kappa shape index (κ1) is 19.6. The second-order valence-electron chi connectivity index (χ2n) is 7.32. The second-order valence-corrected chi connectivity index (χ2v) is 7.71. The fraction of sp³-hybridized carbons (Fsp3) is 0.421. The molecule has 1 saturated heterocycles. The Morgan fingerprint density at radius 1 is 1.31 bits per heavy atom. The van der Waals surface area contributed by atoms with E-state index in [1.165, 1.54) is 16.9 Å². The van der Waals surface area contributed by atoms with Crippen molar-refractivity contribution in [1.82, 2.24) is 29.5 Å². The zero-order valence-corrected chi connectivity index (χ0v) is 16.6. The van der Waals surface area contributed by atoms with Crippen LogP contribution in [-0.2, 0) is 0 Å². The molecule has 1 aliphatic rings. The molecule has 1 fully saturated rings. The number of pyridine rings is 1. The molecule has 3 aromatic rings. The van der Waals surface area contributed by atoms with Gasteiger partial charge in [-0.15, -0.1) is 0 Å². The van der Waals surface area contributed by atoms with Crippen molar-refractivity contribution in [3.05, 3.63) is 52.3 Å². The summed E-state index contributed by atoms with van der Waals surface area (Å²) in [5.74, 6) is -0.0385. The Labute approximate surface area is 170 Å². The molecule has 0 aliphatic carbocycles. The number of hydrogen-bond acceptors (Lipinski definition) is 5. The van der Waals surface area contributed by atoms with E-state index in [-0.39, 0.29) is 34.4 Å². The number of amides is 1. The molecule has 0 unspecified atom stereocenters. The molecule has 4 rings (SSSR count). The zero-order chi connectivity index (χ0) is 20.7. The van der Waals surface area contributed by atoms with Crippen LogP contribution in [0, 0.1) is 12.8 Å². The molecule has 152 valence electrons. The van der Waals surface area contributed by atoms with Gasteiger partial charge in [0.15, 0.2) is 0 Å². The number of halogens is 3. The van der Waals surface area contributed by atoms with E-state index >= 15 is 0 Å². The molecule has 0 bridgehead atoms. The summed E-state index contributed by atoms with van der Waals surface area (Å²) < 4.78 is 28.2. The number of fused-ring (bicyclic) bond motifs is 1. The monoisotopic (exact) mass is 420 g/mol. The molecular formula is C19H19ClF2N6O. The lowest BCUT2D eigenvalue weighted by atomic mass is 9.84. The van der Waals surface area contributed by atoms with Crippen molar-refractivity contribution in [2.45, 2.75) is 32.6 Å². The summed E-state index contributed by atoms with van der Waals surface area (Å²) >= 11 is 5.97. The number of carbonyl (C=O) groups excluding carboxylic acids is 1. The highest BCUT2D eigenvalue weighted by atomic mass is 35.5. The normalized spacial score (nSPS) is 19.9. The van der Waals surface area contributed by atoms with Gasteiger partial charge in [-0.2, -0.15) is 10.1 Å². The molecule has 0 aromatic carbocycles. The molecule has 0 N–H and O–H groups in total. The molecule has 7 nitrogen and oxygen atoms in total. The van der Waals surface area contributed by atoms with Crippen molar-refractivity contribution in [2.24, 2.45) is 5.92 Å². The third-order valence-electron chi connectivity index (χ3n) is 5.45. The maximum absolute atomic E-state index is 13.4. The van der Waals surface area contributed by atoms with Gasteiger partial charge in [0.25, 0.3) is 18.1 Å². The number of likely N-dealkylation sites (tertiary alicyclic amines) is 1. The first-order valence-electron chi connectivity index (χ1n) is 9.25. The molecule has 0 spiro atoms. The molecule has 10 heteroatoms. The predicted molar refractivity (Wildman–Crippen MR) is 102 cm³/mol. The largest absolute Gasteiger partial charge is 0.338 e. The minimum absolute atomic E-state index is 0.130. The van der Waals surface area contributed by atoms with Crippen molar-refractivity contribution < 1.29 is 13.6 Å². The van der Waals surface area contributed by atoms with Gasteiger partial charge in [-0.25, -0.2) is 23.3 Å². The highest BCUT2D eigenvalue weighted by Gasteiger charge is 2.33. The second kappa shape index (κ2) is 7.62. The number of carbonyl (C=O) groups is 1. The highest BCUT2D eigenvalue weighted by molar-refractivity contribution is 6.29. The van der Waals surface area contributed by atoms with E-state index in [2.05, 4.69) is 20.1 Å². The summed E-state index contributed by atoms with van der Waals surface area (Å²) in [4.78, 5) is 26.7. The lowest BCUT2D eigenvalue weighted by molar-refractivity contribution is 0.0664. The Morgan fingerprint density at radius 2 is 2.10 bits per heavy atom. The topological polar surface area (TPSA) is 76.3 Å². The number of rotatable bonds is 3. The van der Waals surface area contributed by atoms with Crippen LogP contribution in [0.2, 0.25) is 5.15 Å². The van der Waals surface area contributed by atoms with Gasteiger partial charge in [-0.1, -0.05) is 18.5 Å². The van der Waals surface area contributed by atoms with Crippen LogP contribution in [0.3, 0.4) is 0 Å². The van der Waals surface area contributed by atoms with Crippen molar-refractivity contribution in [3.8, 4) is 0 Å².